The molecule has 0 aromatic carbocycles. The van der Waals surface area contributed by atoms with Gasteiger partial charge in [-0.25, -0.2) is 0 Å². The zero-order valence-corrected chi connectivity index (χ0v) is 9.76. The predicted octanol–water partition coefficient (Wildman–Crippen LogP) is 0.323. The number of aliphatic carboxylic acids is 1. The van der Waals surface area contributed by atoms with Crippen LogP contribution in [0.5, 0.6) is 0 Å². The van der Waals surface area contributed by atoms with E-state index in [9.17, 15) is 9.90 Å². The Morgan fingerprint density at radius 3 is 3.00 bits per heavy atom. The number of hydrogen-bond donors (Lipinski definition) is 2. The molecule has 0 bridgehead atoms. The molecular formula is C11H21NO4. The van der Waals surface area contributed by atoms with E-state index in [0.717, 1.165) is 25.9 Å². The highest BCUT2D eigenvalue weighted by Gasteiger charge is 2.29. The molecule has 0 saturated carbocycles. The lowest BCUT2D eigenvalue weighted by Gasteiger charge is -2.27. The van der Waals surface area contributed by atoms with E-state index in [0.29, 0.717) is 0 Å². The molecule has 0 amide bonds. The number of aliphatic hydroxyl groups is 1. The number of nitrogens with zero attached hydrogens (tertiary/aromatic N) is 1. The van der Waals surface area contributed by atoms with E-state index in [-0.39, 0.29) is 25.7 Å². The number of aliphatic hydroxyl groups excluding tert-OH is 1. The first-order chi connectivity index (χ1) is 7.65. The van der Waals surface area contributed by atoms with Gasteiger partial charge in [0.25, 0.3) is 0 Å². The van der Waals surface area contributed by atoms with E-state index < -0.39 is 12.1 Å². The van der Waals surface area contributed by atoms with Gasteiger partial charge < -0.3 is 14.9 Å². The van der Waals surface area contributed by atoms with Crippen molar-refractivity contribution in [3.63, 3.8) is 0 Å². The van der Waals surface area contributed by atoms with Gasteiger partial charge in [0.05, 0.1) is 25.7 Å². The van der Waals surface area contributed by atoms with Crippen molar-refractivity contribution < 1.29 is 19.7 Å². The molecule has 94 valence electrons. The topological polar surface area (TPSA) is 70.0 Å². The molecule has 1 heterocycles. The Hall–Kier alpha value is -0.650. The Bertz CT molecular complexity index is 222. The molecule has 0 unspecified atom stereocenters. The molecule has 1 saturated heterocycles. The molecule has 5 nitrogen and oxygen atoms in total. The number of carboxylic acid groups (broad SMARTS) is 1. The third kappa shape index (κ3) is 4.08. The van der Waals surface area contributed by atoms with Crippen molar-refractivity contribution in [2.24, 2.45) is 0 Å². The van der Waals surface area contributed by atoms with E-state index in [1.807, 2.05) is 0 Å². The van der Waals surface area contributed by atoms with E-state index in [1.54, 1.807) is 0 Å². The van der Waals surface area contributed by atoms with Crippen LogP contribution in [0.1, 0.15) is 26.2 Å². The molecule has 16 heavy (non-hydrogen) atoms. The van der Waals surface area contributed by atoms with Crippen LogP contribution in [-0.4, -0.2) is 59.5 Å². The first kappa shape index (κ1) is 13.4. The normalized spacial score (nSPS) is 23.5. The maximum Gasteiger partial charge on any atom is 0.305 e. The molecule has 2 atom stereocenters. The summed E-state index contributed by atoms with van der Waals surface area (Å²) < 4.78 is 5.15. The van der Waals surface area contributed by atoms with Gasteiger partial charge in [0.2, 0.25) is 0 Å². The van der Waals surface area contributed by atoms with E-state index in [2.05, 4.69) is 11.8 Å². The average Bonchev–Trinajstić information content (AvgIpc) is 2.71. The van der Waals surface area contributed by atoms with Gasteiger partial charge in [0.1, 0.15) is 0 Å². The Kier molecular flexibility index (Phi) is 5.73. The van der Waals surface area contributed by atoms with E-state index in [4.69, 9.17) is 9.84 Å². The van der Waals surface area contributed by atoms with Crippen molar-refractivity contribution in [1.82, 2.24) is 4.90 Å². The minimum atomic E-state index is -0.870. The number of rotatable bonds is 7. The summed E-state index contributed by atoms with van der Waals surface area (Å²) in [7, 11) is 0. The summed E-state index contributed by atoms with van der Waals surface area (Å²) in [6.07, 6.45) is 1.60. The predicted molar refractivity (Wildman–Crippen MR) is 59.3 cm³/mol. The molecule has 0 radical (unpaired) electrons. The third-order valence-corrected chi connectivity index (χ3v) is 3.01. The third-order valence-electron chi connectivity index (χ3n) is 3.01. The van der Waals surface area contributed by atoms with Crippen LogP contribution in [0.3, 0.4) is 0 Å². The van der Waals surface area contributed by atoms with Crippen LogP contribution in [0, 0.1) is 0 Å². The smallest absolute Gasteiger partial charge is 0.305 e. The minimum Gasteiger partial charge on any atom is -0.481 e. The van der Waals surface area contributed by atoms with Gasteiger partial charge in [-0.3, -0.25) is 9.69 Å². The summed E-state index contributed by atoms with van der Waals surface area (Å²) in [5.41, 5.74) is 0. The van der Waals surface area contributed by atoms with Crippen LogP contribution < -0.4 is 0 Å². The second-order valence-electron chi connectivity index (χ2n) is 4.12. The number of carbonyl (C=O) groups is 1. The number of hydrogen-bond acceptors (Lipinski definition) is 4. The lowest BCUT2D eigenvalue weighted by Crippen LogP contribution is -2.41. The van der Waals surface area contributed by atoms with Crippen LogP contribution in [0.25, 0.3) is 0 Å². The van der Waals surface area contributed by atoms with Crippen molar-refractivity contribution in [3.05, 3.63) is 0 Å². The van der Waals surface area contributed by atoms with Gasteiger partial charge in [0, 0.05) is 6.04 Å². The summed E-state index contributed by atoms with van der Waals surface area (Å²) in [5, 5.41) is 18.3. The van der Waals surface area contributed by atoms with Crippen molar-refractivity contribution in [3.8, 4) is 0 Å². The summed E-state index contributed by atoms with van der Waals surface area (Å²) in [6, 6.07) is 0.176. The van der Waals surface area contributed by atoms with Crippen LogP contribution in [-0.2, 0) is 9.53 Å². The molecule has 2 N–H and O–H groups in total. The standard InChI is InChI=1S/C11H21NO4/c1-2-12-6-3-4-9(12)10(13)8-16-7-5-11(14)15/h9-10,13H,2-8H2,1H3,(H,14,15)/t9-,10-/m0/s1. The fourth-order valence-corrected chi connectivity index (χ4v) is 2.15. The number of likely N-dealkylation sites (tertiary alicyclic amines) is 1. The van der Waals surface area contributed by atoms with Crippen LogP contribution in [0.15, 0.2) is 0 Å². The van der Waals surface area contributed by atoms with Crippen molar-refractivity contribution in [2.75, 3.05) is 26.3 Å². The fourth-order valence-electron chi connectivity index (χ4n) is 2.15. The van der Waals surface area contributed by atoms with Crippen LogP contribution >= 0.6 is 0 Å². The first-order valence-corrected chi connectivity index (χ1v) is 5.86. The zero-order chi connectivity index (χ0) is 12.0. The SMILES string of the molecule is CCN1CCC[C@H]1[C@@H](O)COCCC(=O)O. The highest BCUT2D eigenvalue weighted by molar-refractivity contribution is 5.66. The minimum absolute atomic E-state index is 0.00508. The van der Waals surface area contributed by atoms with Gasteiger partial charge in [0.15, 0.2) is 0 Å². The number of carboxylic acids is 1. The highest BCUT2D eigenvalue weighted by atomic mass is 16.5. The van der Waals surface area contributed by atoms with Gasteiger partial charge in [-0.2, -0.15) is 0 Å². The second-order valence-corrected chi connectivity index (χ2v) is 4.12. The van der Waals surface area contributed by atoms with Crippen molar-refractivity contribution in [2.45, 2.75) is 38.3 Å². The van der Waals surface area contributed by atoms with Crippen molar-refractivity contribution in [1.29, 1.82) is 0 Å². The zero-order valence-electron chi connectivity index (χ0n) is 9.76. The molecule has 0 aromatic rings. The fraction of sp³-hybridized carbons (Fsp3) is 0.909. The molecule has 5 heteroatoms. The summed E-state index contributed by atoms with van der Waals surface area (Å²) >= 11 is 0. The molecule has 0 aromatic heterocycles. The molecule has 1 aliphatic heterocycles. The first-order valence-electron chi connectivity index (χ1n) is 5.86. The lowest BCUT2D eigenvalue weighted by molar-refractivity contribution is -0.138. The van der Waals surface area contributed by atoms with Gasteiger partial charge in [-0.15, -0.1) is 0 Å². The monoisotopic (exact) mass is 231 g/mol. The van der Waals surface area contributed by atoms with Crippen LogP contribution in [0.4, 0.5) is 0 Å². The average molecular weight is 231 g/mol. The summed E-state index contributed by atoms with van der Waals surface area (Å²) in [5.74, 6) is -0.870. The molecular weight excluding hydrogens is 210 g/mol. The molecule has 1 rings (SSSR count). The van der Waals surface area contributed by atoms with Gasteiger partial charge in [-0.1, -0.05) is 6.92 Å². The van der Waals surface area contributed by atoms with Gasteiger partial charge in [-0.05, 0) is 25.9 Å². The summed E-state index contributed by atoms with van der Waals surface area (Å²) in [6.45, 7) is 4.46. The summed E-state index contributed by atoms with van der Waals surface area (Å²) in [4.78, 5) is 12.5. The second kappa shape index (κ2) is 6.83. The number of ether oxygens (including phenoxy) is 1. The lowest BCUT2D eigenvalue weighted by atomic mass is 10.1. The molecule has 0 aliphatic carbocycles. The largest absolute Gasteiger partial charge is 0.481 e. The Balaban J connectivity index is 2.18. The number of likely N-dealkylation sites (N-methyl/N-ethyl adjacent to an activating group) is 1. The Morgan fingerprint density at radius 2 is 2.38 bits per heavy atom. The van der Waals surface area contributed by atoms with E-state index >= 15 is 0 Å². The van der Waals surface area contributed by atoms with E-state index in [1.165, 1.54) is 0 Å². The van der Waals surface area contributed by atoms with Crippen molar-refractivity contribution >= 4 is 5.97 Å². The quantitative estimate of drug-likeness (QED) is 0.618. The van der Waals surface area contributed by atoms with Crippen LogP contribution in [0.2, 0.25) is 0 Å². The molecule has 0 spiro atoms. The Labute approximate surface area is 96.0 Å². The Morgan fingerprint density at radius 1 is 1.62 bits per heavy atom. The molecule has 1 fully saturated rings. The maximum absolute atomic E-state index is 10.2. The molecule has 1 aliphatic rings. The van der Waals surface area contributed by atoms with Gasteiger partial charge >= 0.3 is 5.97 Å². The maximum atomic E-state index is 10.2. The highest BCUT2D eigenvalue weighted by Crippen LogP contribution is 2.19.